The van der Waals surface area contributed by atoms with Crippen LogP contribution in [0.4, 0.5) is 14.9 Å². The molecule has 0 radical (unpaired) electrons. The molecule has 1 aliphatic rings. The van der Waals surface area contributed by atoms with E-state index in [-0.39, 0.29) is 36.3 Å². The number of carbonyl (C=O) groups is 2. The average Bonchev–Trinajstić information content (AvgIpc) is 3.16. The number of aryl methyl sites for hydroxylation is 1. The van der Waals surface area contributed by atoms with E-state index in [4.69, 9.17) is 4.42 Å². The molecule has 0 bridgehead atoms. The number of non-ortho nitro benzene ring substituents is 1. The van der Waals surface area contributed by atoms with Gasteiger partial charge in [0, 0.05) is 25.2 Å². The van der Waals surface area contributed by atoms with Crippen LogP contribution in [0.15, 0.2) is 51.7 Å². The molecule has 1 saturated heterocycles. The van der Waals surface area contributed by atoms with Gasteiger partial charge in [0.15, 0.2) is 5.58 Å². The van der Waals surface area contributed by atoms with Crippen LogP contribution in [-0.2, 0) is 16.9 Å². The van der Waals surface area contributed by atoms with Crippen LogP contribution >= 0.6 is 0 Å². The Morgan fingerprint density at radius 3 is 2.52 bits per heavy atom. The summed E-state index contributed by atoms with van der Waals surface area (Å²) in [6.45, 7) is 1.63. The predicted molar refractivity (Wildman–Crippen MR) is 106 cm³/mol. The number of fused-ring (bicyclic) bond motifs is 1. The van der Waals surface area contributed by atoms with Crippen LogP contribution in [0, 0.1) is 15.9 Å². The standard InChI is InChI=1S/C20H17FN4O6/c1-20(12-3-5-13(21)6-4-12)17(26)24(18(27)22-20)10-2-9-23-15-11-14(25(29)30)7-8-16(15)31-19(23)28/h3-8,11H,2,9-10H2,1H3,(H,22,27). The van der Waals surface area contributed by atoms with E-state index < -0.39 is 34.0 Å². The lowest BCUT2D eigenvalue weighted by Gasteiger charge is -2.22. The lowest BCUT2D eigenvalue weighted by Crippen LogP contribution is -2.41. The summed E-state index contributed by atoms with van der Waals surface area (Å²) in [5.41, 5.74) is -0.614. The number of hydrogen-bond donors (Lipinski definition) is 1. The van der Waals surface area contributed by atoms with Crippen molar-refractivity contribution in [2.75, 3.05) is 6.54 Å². The van der Waals surface area contributed by atoms with Crippen molar-refractivity contribution < 1.29 is 23.3 Å². The third-order valence-corrected chi connectivity index (χ3v) is 5.32. The minimum Gasteiger partial charge on any atom is -0.408 e. The topological polar surface area (TPSA) is 128 Å². The summed E-state index contributed by atoms with van der Waals surface area (Å²) in [4.78, 5) is 48.9. The van der Waals surface area contributed by atoms with E-state index in [2.05, 4.69) is 5.32 Å². The van der Waals surface area contributed by atoms with E-state index in [9.17, 15) is 28.9 Å². The Bertz CT molecular complexity index is 1260. The van der Waals surface area contributed by atoms with Gasteiger partial charge < -0.3 is 9.73 Å². The molecule has 4 rings (SSSR count). The van der Waals surface area contributed by atoms with Crippen LogP contribution in [0.25, 0.3) is 11.1 Å². The van der Waals surface area contributed by atoms with Crippen molar-refractivity contribution in [3.63, 3.8) is 0 Å². The molecule has 10 nitrogen and oxygen atoms in total. The Balaban J connectivity index is 1.51. The minimum atomic E-state index is -1.33. The van der Waals surface area contributed by atoms with Crippen molar-refractivity contribution in [2.24, 2.45) is 0 Å². The molecule has 1 unspecified atom stereocenters. The number of nitrogens with zero attached hydrogens (tertiary/aromatic N) is 3. The molecule has 1 atom stereocenters. The first-order chi connectivity index (χ1) is 14.7. The molecule has 1 fully saturated rings. The maximum atomic E-state index is 13.2. The lowest BCUT2D eigenvalue weighted by molar-refractivity contribution is -0.384. The molecular weight excluding hydrogens is 411 g/mol. The van der Waals surface area contributed by atoms with Gasteiger partial charge in [-0.05, 0) is 37.1 Å². The van der Waals surface area contributed by atoms with E-state index in [1.165, 1.54) is 54.0 Å². The van der Waals surface area contributed by atoms with Crippen LogP contribution in [0.1, 0.15) is 18.9 Å². The highest BCUT2D eigenvalue weighted by Gasteiger charge is 2.48. The first-order valence-corrected chi connectivity index (χ1v) is 9.38. The maximum absolute atomic E-state index is 13.2. The van der Waals surface area contributed by atoms with E-state index in [1.807, 2.05) is 0 Å². The number of amides is 3. The van der Waals surface area contributed by atoms with Crippen molar-refractivity contribution >= 4 is 28.7 Å². The predicted octanol–water partition coefficient (Wildman–Crippen LogP) is 2.50. The van der Waals surface area contributed by atoms with E-state index in [1.54, 1.807) is 0 Å². The zero-order valence-electron chi connectivity index (χ0n) is 16.3. The number of hydrogen-bond acceptors (Lipinski definition) is 6. The number of benzene rings is 2. The van der Waals surface area contributed by atoms with Gasteiger partial charge in [-0.1, -0.05) is 12.1 Å². The molecule has 2 heterocycles. The second-order valence-electron chi connectivity index (χ2n) is 7.30. The van der Waals surface area contributed by atoms with Gasteiger partial charge in [-0.15, -0.1) is 0 Å². The van der Waals surface area contributed by atoms with Gasteiger partial charge in [-0.25, -0.2) is 14.0 Å². The summed E-state index contributed by atoms with van der Waals surface area (Å²) in [6.07, 6.45) is 0.218. The monoisotopic (exact) mass is 428 g/mol. The SMILES string of the molecule is CC1(c2ccc(F)cc2)NC(=O)N(CCCn2c(=O)oc3ccc([N+](=O)[O-])cc32)C1=O. The lowest BCUT2D eigenvalue weighted by atomic mass is 9.92. The van der Waals surface area contributed by atoms with Gasteiger partial charge in [0.25, 0.3) is 11.6 Å². The van der Waals surface area contributed by atoms with Gasteiger partial charge in [-0.3, -0.25) is 24.4 Å². The largest absolute Gasteiger partial charge is 0.419 e. The molecule has 11 heteroatoms. The van der Waals surface area contributed by atoms with Crippen LogP contribution in [-0.4, -0.2) is 32.9 Å². The highest BCUT2D eigenvalue weighted by molar-refractivity contribution is 6.07. The van der Waals surface area contributed by atoms with Gasteiger partial charge in [0.2, 0.25) is 0 Å². The smallest absolute Gasteiger partial charge is 0.408 e. The Morgan fingerprint density at radius 2 is 1.84 bits per heavy atom. The number of oxazole rings is 1. The molecular formula is C20H17FN4O6. The van der Waals surface area contributed by atoms with Crippen LogP contribution in [0.5, 0.6) is 0 Å². The maximum Gasteiger partial charge on any atom is 0.419 e. The van der Waals surface area contributed by atoms with Gasteiger partial charge >= 0.3 is 11.8 Å². The average molecular weight is 428 g/mol. The molecule has 1 N–H and O–H groups in total. The van der Waals surface area contributed by atoms with Crippen molar-refractivity contribution in [2.45, 2.75) is 25.4 Å². The first kappa shape index (κ1) is 20.3. The van der Waals surface area contributed by atoms with E-state index in [0.29, 0.717) is 5.56 Å². The number of halogens is 1. The van der Waals surface area contributed by atoms with Crippen LogP contribution in [0.2, 0.25) is 0 Å². The summed E-state index contributed by atoms with van der Waals surface area (Å²) < 4.78 is 19.5. The molecule has 3 aromatic rings. The van der Waals surface area contributed by atoms with Crippen molar-refractivity contribution in [3.05, 3.63) is 74.5 Å². The Labute approximate surface area is 174 Å². The fraction of sp³-hybridized carbons (Fsp3) is 0.250. The van der Waals surface area contributed by atoms with Gasteiger partial charge in [0.05, 0.1) is 10.4 Å². The number of nitro benzene ring substituents is 1. The highest BCUT2D eigenvalue weighted by Crippen LogP contribution is 2.29. The second-order valence-corrected chi connectivity index (χ2v) is 7.30. The zero-order valence-corrected chi connectivity index (χ0v) is 16.3. The summed E-state index contributed by atoms with van der Waals surface area (Å²) >= 11 is 0. The Kier molecular flexibility index (Phi) is 4.80. The second kappa shape index (κ2) is 7.35. The number of aromatic nitrogens is 1. The molecule has 2 aromatic carbocycles. The number of nitrogens with one attached hydrogen (secondary N) is 1. The zero-order chi connectivity index (χ0) is 22.3. The Morgan fingerprint density at radius 1 is 1.13 bits per heavy atom. The molecule has 31 heavy (non-hydrogen) atoms. The molecule has 3 amide bonds. The molecule has 0 saturated carbocycles. The molecule has 1 aliphatic heterocycles. The quantitative estimate of drug-likeness (QED) is 0.365. The van der Waals surface area contributed by atoms with Crippen LogP contribution in [0.3, 0.4) is 0 Å². The minimum absolute atomic E-state index is 0.00942. The van der Waals surface area contributed by atoms with Crippen molar-refractivity contribution in [3.8, 4) is 0 Å². The summed E-state index contributed by atoms with van der Waals surface area (Å²) in [5.74, 6) is -1.65. The number of imide groups is 1. The number of urea groups is 1. The number of rotatable bonds is 6. The summed E-state index contributed by atoms with van der Waals surface area (Å²) in [7, 11) is 0. The van der Waals surface area contributed by atoms with Gasteiger partial charge in [0.1, 0.15) is 11.4 Å². The fourth-order valence-electron chi connectivity index (χ4n) is 3.64. The third kappa shape index (κ3) is 3.43. The van der Waals surface area contributed by atoms with E-state index in [0.717, 1.165) is 4.90 Å². The Hall–Kier alpha value is -4.02. The van der Waals surface area contributed by atoms with Crippen molar-refractivity contribution in [1.82, 2.24) is 14.8 Å². The van der Waals surface area contributed by atoms with E-state index >= 15 is 0 Å². The summed E-state index contributed by atoms with van der Waals surface area (Å²) in [5, 5.41) is 13.6. The third-order valence-electron chi connectivity index (χ3n) is 5.32. The number of carbonyl (C=O) groups excluding carboxylic acids is 2. The fourth-order valence-corrected chi connectivity index (χ4v) is 3.64. The molecule has 160 valence electrons. The molecule has 1 aromatic heterocycles. The molecule has 0 spiro atoms. The number of nitro groups is 1. The molecule has 0 aliphatic carbocycles. The summed E-state index contributed by atoms with van der Waals surface area (Å²) in [6, 6.07) is 8.49. The van der Waals surface area contributed by atoms with Crippen LogP contribution < -0.4 is 11.1 Å². The van der Waals surface area contributed by atoms with Crippen molar-refractivity contribution in [1.29, 1.82) is 0 Å². The normalized spacial score (nSPS) is 18.6. The highest BCUT2D eigenvalue weighted by atomic mass is 19.1. The first-order valence-electron chi connectivity index (χ1n) is 9.38. The van der Waals surface area contributed by atoms with Gasteiger partial charge in [-0.2, -0.15) is 0 Å².